The number of nitrogens with zero attached hydrogens (tertiary/aromatic N) is 1. The van der Waals surface area contributed by atoms with Gasteiger partial charge in [-0.2, -0.15) is 0 Å². The first-order valence-electron chi connectivity index (χ1n) is 7.45. The number of benzene rings is 2. The molecule has 1 heterocycles. The molecule has 3 rings (SSSR count). The van der Waals surface area contributed by atoms with Crippen LogP contribution in [0.25, 0.3) is 0 Å². The summed E-state index contributed by atoms with van der Waals surface area (Å²) in [4.78, 5) is 16.2. The maximum absolute atomic E-state index is 13.6. The van der Waals surface area contributed by atoms with Gasteiger partial charge in [0.2, 0.25) is 0 Å². The number of carbonyl (C=O) groups excluding carboxylic acids is 1. The quantitative estimate of drug-likeness (QED) is 0.807. The Morgan fingerprint density at radius 3 is 2.96 bits per heavy atom. The summed E-state index contributed by atoms with van der Waals surface area (Å²) in [6.07, 6.45) is 2.54. The standard InChI is InChI=1S/C18H16FNO3/c1-2-22-18(21)15-7-6-13(19)10-17(15)23-16-5-3-4-12-11-20-9-8-14(12)16/h3-7,10-11H,2,8-9H2,1H3. The molecule has 0 N–H and O–H groups in total. The SMILES string of the molecule is CCOC(=O)c1ccc(F)cc1Oc1cccc2c1CCN=C2. The van der Waals surface area contributed by atoms with Crippen LogP contribution in [0.2, 0.25) is 0 Å². The zero-order valence-electron chi connectivity index (χ0n) is 12.7. The minimum Gasteiger partial charge on any atom is -0.462 e. The van der Waals surface area contributed by atoms with Crippen molar-refractivity contribution >= 4 is 12.2 Å². The fraction of sp³-hybridized carbons (Fsp3) is 0.222. The fourth-order valence-electron chi connectivity index (χ4n) is 2.48. The zero-order chi connectivity index (χ0) is 16.2. The summed E-state index contributed by atoms with van der Waals surface area (Å²) >= 11 is 0. The molecule has 0 aromatic heterocycles. The molecular formula is C18H16FNO3. The molecule has 2 aromatic carbocycles. The van der Waals surface area contributed by atoms with Crippen LogP contribution >= 0.6 is 0 Å². The number of aliphatic imine (C=N–C) groups is 1. The highest BCUT2D eigenvalue weighted by molar-refractivity contribution is 5.92. The van der Waals surface area contributed by atoms with Crippen molar-refractivity contribution in [2.24, 2.45) is 4.99 Å². The Morgan fingerprint density at radius 2 is 2.13 bits per heavy atom. The molecular weight excluding hydrogens is 297 g/mol. The predicted molar refractivity (Wildman–Crippen MR) is 85.0 cm³/mol. The molecule has 0 bridgehead atoms. The molecule has 0 saturated heterocycles. The van der Waals surface area contributed by atoms with Crippen LogP contribution in [-0.2, 0) is 11.2 Å². The average Bonchev–Trinajstić information content (AvgIpc) is 2.55. The normalized spacial score (nSPS) is 12.6. The summed E-state index contributed by atoms with van der Waals surface area (Å²) in [6, 6.07) is 9.38. The number of ether oxygens (including phenoxy) is 2. The lowest BCUT2D eigenvalue weighted by Gasteiger charge is -2.17. The molecule has 0 fully saturated rings. The molecule has 0 spiro atoms. The smallest absolute Gasteiger partial charge is 0.341 e. The second-order valence-corrected chi connectivity index (χ2v) is 5.07. The molecule has 0 unspecified atom stereocenters. The van der Waals surface area contributed by atoms with E-state index in [1.165, 1.54) is 18.2 Å². The van der Waals surface area contributed by atoms with E-state index in [1.807, 2.05) is 12.1 Å². The number of halogens is 1. The molecule has 0 aliphatic carbocycles. The van der Waals surface area contributed by atoms with Crippen LogP contribution in [-0.4, -0.2) is 25.3 Å². The summed E-state index contributed by atoms with van der Waals surface area (Å²) < 4.78 is 24.4. The number of fused-ring (bicyclic) bond motifs is 1. The van der Waals surface area contributed by atoms with Crippen LogP contribution in [0, 0.1) is 5.82 Å². The van der Waals surface area contributed by atoms with E-state index < -0.39 is 11.8 Å². The molecule has 0 saturated carbocycles. The first kappa shape index (κ1) is 15.2. The van der Waals surface area contributed by atoms with Crippen LogP contribution in [0.5, 0.6) is 11.5 Å². The second kappa shape index (κ2) is 6.60. The topological polar surface area (TPSA) is 47.9 Å². The third-order valence-corrected chi connectivity index (χ3v) is 3.55. The van der Waals surface area contributed by atoms with Gasteiger partial charge < -0.3 is 9.47 Å². The molecule has 0 atom stereocenters. The van der Waals surface area contributed by atoms with Crippen molar-refractivity contribution in [2.75, 3.05) is 13.2 Å². The third-order valence-electron chi connectivity index (χ3n) is 3.55. The fourth-order valence-corrected chi connectivity index (χ4v) is 2.48. The van der Waals surface area contributed by atoms with E-state index >= 15 is 0 Å². The zero-order valence-corrected chi connectivity index (χ0v) is 12.7. The minimum absolute atomic E-state index is 0.152. The van der Waals surface area contributed by atoms with Gasteiger partial charge in [-0.05, 0) is 37.1 Å². The van der Waals surface area contributed by atoms with Crippen molar-refractivity contribution in [3.8, 4) is 11.5 Å². The van der Waals surface area contributed by atoms with Crippen molar-refractivity contribution in [2.45, 2.75) is 13.3 Å². The van der Waals surface area contributed by atoms with E-state index in [0.29, 0.717) is 12.3 Å². The van der Waals surface area contributed by atoms with Gasteiger partial charge in [-0.1, -0.05) is 12.1 Å². The first-order chi connectivity index (χ1) is 11.2. The number of hydrogen-bond donors (Lipinski definition) is 0. The molecule has 0 amide bonds. The number of esters is 1. The second-order valence-electron chi connectivity index (χ2n) is 5.07. The Kier molecular flexibility index (Phi) is 4.37. The van der Waals surface area contributed by atoms with E-state index in [1.54, 1.807) is 19.2 Å². The first-order valence-corrected chi connectivity index (χ1v) is 7.45. The van der Waals surface area contributed by atoms with Gasteiger partial charge in [-0.25, -0.2) is 9.18 Å². The Hall–Kier alpha value is -2.69. The van der Waals surface area contributed by atoms with Crippen LogP contribution in [0.3, 0.4) is 0 Å². The maximum atomic E-state index is 13.6. The highest BCUT2D eigenvalue weighted by Crippen LogP contribution is 2.32. The third kappa shape index (κ3) is 3.23. The van der Waals surface area contributed by atoms with E-state index in [2.05, 4.69) is 4.99 Å². The summed E-state index contributed by atoms with van der Waals surface area (Å²) in [5.74, 6) is -0.252. The largest absolute Gasteiger partial charge is 0.462 e. The Bertz CT molecular complexity index is 771. The molecule has 4 nitrogen and oxygen atoms in total. The molecule has 2 aromatic rings. The number of carbonyl (C=O) groups is 1. The minimum atomic E-state index is -0.533. The van der Waals surface area contributed by atoms with Gasteiger partial charge in [-0.15, -0.1) is 0 Å². The molecule has 23 heavy (non-hydrogen) atoms. The van der Waals surface area contributed by atoms with Crippen molar-refractivity contribution < 1.29 is 18.7 Å². The summed E-state index contributed by atoms with van der Waals surface area (Å²) in [6.45, 7) is 2.64. The van der Waals surface area contributed by atoms with Gasteiger partial charge >= 0.3 is 5.97 Å². The van der Waals surface area contributed by atoms with Crippen LogP contribution in [0.1, 0.15) is 28.4 Å². The Morgan fingerprint density at radius 1 is 1.26 bits per heavy atom. The molecule has 1 aliphatic heterocycles. The predicted octanol–water partition coefficient (Wildman–Crippen LogP) is 3.77. The Balaban J connectivity index is 1.99. The lowest BCUT2D eigenvalue weighted by molar-refractivity contribution is 0.0523. The number of rotatable bonds is 4. The van der Waals surface area contributed by atoms with Gasteiger partial charge in [0.15, 0.2) is 0 Å². The molecule has 5 heteroatoms. The summed E-state index contributed by atoms with van der Waals surface area (Å²) in [5, 5.41) is 0. The van der Waals surface area contributed by atoms with Crippen LogP contribution < -0.4 is 4.74 Å². The van der Waals surface area contributed by atoms with Crippen molar-refractivity contribution in [1.29, 1.82) is 0 Å². The van der Waals surface area contributed by atoms with Crippen molar-refractivity contribution in [3.63, 3.8) is 0 Å². The van der Waals surface area contributed by atoms with E-state index in [-0.39, 0.29) is 17.9 Å². The van der Waals surface area contributed by atoms with Gasteiger partial charge in [0, 0.05) is 24.4 Å². The van der Waals surface area contributed by atoms with Crippen LogP contribution in [0.4, 0.5) is 4.39 Å². The van der Waals surface area contributed by atoms with E-state index in [0.717, 1.165) is 17.5 Å². The highest BCUT2D eigenvalue weighted by Gasteiger charge is 2.18. The van der Waals surface area contributed by atoms with Gasteiger partial charge in [0.25, 0.3) is 0 Å². The lowest BCUT2D eigenvalue weighted by atomic mass is 10.0. The van der Waals surface area contributed by atoms with Gasteiger partial charge in [0.1, 0.15) is 22.9 Å². The monoisotopic (exact) mass is 313 g/mol. The Labute approximate surface area is 133 Å². The summed E-state index contributed by atoms with van der Waals surface area (Å²) in [7, 11) is 0. The van der Waals surface area contributed by atoms with Gasteiger partial charge in [0.05, 0.1) is 6.61 Å². The highest BCUT2D eigenvalue weighted by atomic mass is 19.1. The molecule has 118 valence electrons. The lowest BCUT2D eigenvalue weighted by Crippen LogP contribution is -2.08. The molecule has 0 radical (unpaired) electrons. The molecule has 1 aliphatic rings. The van der Waals surface area contributed by atoms with Crippen LogP contribution in [0.15, 0.2) is 41.4 Å². The number of hydrogen-bond acceptors (Lipinski definition) is 4. The summed E-state index contributed by atoms with van der Waals surface area (Å²) in [5.41, 5.74) is 2.18. The van der Waals surface area contributed by atoms with Gasteiger partial charge in [-0.3, -0.25) is 4.99 Å². The van der Waals surface area contributed by atoms with Crippen molar-refractivity contribution in [3.05, 3.63) is 58.9 Å². The van der Waals surface area contributed by atoms with E-state index in [4.69, 9.17) is 9.47 Å². The average molecular weight is 313 g/mol. The van der Waals surface area contributed by atoms with Crippen molar-refractivity contribution in [1.82, 2.24) is 0 Å². The van der Waals surface area contributed by atoms with E-state index in [9.17, 15) is 9.18 Å². The maximum Gasteiger partial charge on any atom is 0.341 e.